The highest BCUT2D eigenvalue weighted by Crippen LogP contribution is 2.29. The Morgan fingerprint density at radius 1 is 1.32 bits per heavy atom. The molecule has 1 aromatic heterocycles. The van der Waals surface area contributed by atoms with Crippen LogP contribution in [0.3, 0.4) is 0 Å². The van der Waals surface area contributed by atoms with E-state index in [1.54, 1.807) is 11.3 Å². The van der Waals surface area contributed by atoms with Gasteiger partial charge in [0.15, 0.2) is 0 Å². The third kappa shape index (κ3) is 3.94. The molecule has 0 spiro atoms. The molecule has 19 heavy (non-hydrogen) atoms. The number of thiophene rings is 1. The summed E-state index contributed by atoms with van der Waals surface area (Å²) in [6, 6.07) is 4.58. The van der Waals surface area contributed by atoms with Crippen LogP contribution in [0.25, 0.3) is 0 Å². The summed E-state index contributed by atoms with van der Waals surface area (Å²) in [7, 11) is 2.07. The van der Waals surface area contributed by atoms with Gasteiger partial charge in [0.25, 0.3) is 0 Å². The number of hydrogen-bond acceptors (Lipinski definition) is 3. The first-order valence-electron chi connectivity index (χ1n) is 7.18. The predicted molar refractivity (Wildman–Crippen MR) is 87.5 cm³/mol. The molecule has 1 N–H and O–H groups in total. The largest absolute Gasteiger partial charge is 0.315 e. The second kappa shape index (κ2) is 7.63. The molecule has 0 aromatic carbocycles. The summed E-state index contributed by atoms with van der Waals surface area (Å²) >= 11 is 7.73. The maximum absolute atomic E-state index is 6.04. The second-order valence-electron chi connectivity index (χ2n) is 5.13. The Bertz CT molecular complexity index is 376. The van der Waals surface area contributed by atoms with Crippen LogP contribution in [0.5, 0.6) is 0 Å². The molecular weight excluding hydrogens is 276 g/mol. The zero-order valence-electron chi connectivity index (χ0n) is 12.8. The van der Waals surface area contributed by atoms with E-state index in [0.29, 0.717) is 6.04 Å². The fourth-order valence-corrected chi connectivity index (χ4v) is 4.06. The number of rotatable bonds is 8. The van der Waals surface area contributed by atoms with Gasteiger partial charge in [-0.3, -0.25) is 4.90 Å². The van der Waals surface area contributed by atoms with Crippen molar-refractivity contribution in [1.82, 2.24) is 10.2 Å². The Hall–Kier alpha value is -0.0900. The van der Waals surface area contributed by atoms with Crippen molar-refractivity contribution in [3.8, 4) is 0 Å². The molecular formula is C15H27ClN2S. The highest BCUT2D eigenvalue weighted by molar-refractivity contribution is 7.16. The van der Waals surface area contributed by atoms with Crippen molar-refractivity contribution < 1.29 is 0 Å². The fraction of sp³-hybridized carbons (Fsp3) is 0.733. The van der Waals surface area contributed by atoms with Gasteiger partial charge in [0, 0.05) is 16.5 Å². The number of halogens is 1. The third-order valence-electron chi connectivity index (χ3n) is 4.33. The zero-order chi connectivity index (χ0) is 14.5. The topological polar surface area (TPSA) is 15.3 Å². The van der Waals surface area contributed by atoms with Crippen LogP contribution in [0.4, 0.5) is 0 Å². The lowest BCUT2D eigenvalue weighted by Crippen LogP contribution is -2.59. The summed E-state index contributed by atoms with van der Waals surface area (Å²) in [5.74, 6) is 0. The third-order valence-corrected chi connectivity index (χ3v) is 5.59. The van der Waals surface area contributed by atoms with Gasteiger partial charge >= 0.3 is 0 Å². The summed E-state index contributed by atoms with van der Waals surface area (Å²) in [4.78, 5) is 3.92. The van der Waals surface area contributed by atoms with E-state index in [1.165, 1.54) is 4.88 Å². The van der Waals surface area contributed by atoms with E-state index in [0.717, 1.165) is 30.3 Å². The lowest BCUT2D eigenvalue weighted by molar-refractivity contribution is 0.0733. The first kappa shape index (κ1) is 17.0. The molecule has 0 amide bonds. The van der Waals surface area contributed by atoms with Crippen LogP contribution >= 0.6 is 22.9 Å². The van der Waals surface area contributed by atoms with E-state index in [1.807, 2.05) is 6.07 Å². The van der Waals surface area contributed by atoms with Gasteiger partial charge in [-0.05, 0) is 52.0 Å². The average Bonchev–Trinajstić information content (AvgIpc) is 2.82. The maximum atomic E-state index is 6.04. The molecule has 0 saturated heterocycles. The second-order valence-corrected chi connectivity index (χ2v) is 6.93. The number of likely N-dealkylation sites (N-methyl/N-ethyl adjacent to an activating group) is 2. The van der Waals surface area contributed by atoms with Crippen LogP contribution in [0.1, 0.15) is 39.0 Å². The molecule has 110 valence electrons. The van der Waals surface area contributed by atoms with Crippen molar-refractivity contribution in [3.63, 3.8) is 0 Å². The molecule has 0 saturated carbocycles. The minimum Gasteiger partial charge on any atom is -0.315 e. The molecule has 0 bridgehead atoms. The normalized spacial score (nSPS) is 16.6. The quantitative estimate of drug-likeness (QED) is 0.779. The highest BCUT2D eigenvalue weighted by Gasteiger charge is 2.36. The van der Waals surface area contributed by atoms with E-state index in [4.69, 9.17) is 11.6 Å². The van der Waals surface area contributed by atoms with Gasteiger partial charge in [0.2, 0.25) is 0 Å². The Morgan fingerprint density at radius 3 is 2.32 bits per heavy atom. The monoisotopic (exact) mass is 302 g/mol. The molecule has 0 aliphatic carbocycles. The van der Waals surface area contributed by atoms with E-state index in [2.05, 4.69) is 51.0 Å². The number of nitrogens with one attached hydrogen (secondary N) is 1. The first-order chi connectivity index (χ1) is 9.01. The summed E-state index contributed by atoms with van der Waals surface area (Å²) in [6.45, 7) is 11.3. The van der Waals surface area contributed by atoms with Gasteiger partial charge in [-0.15, -0.1) is 11.3 Å². The van der Waals surface area contributed by atoms with Crippen LogP contribution in [-0.2, 0) is 6.42 Å². The summed E-state index contributed by atoms with van der Waals surface area (Å²) in [5, 5.41) is 3.52. The number of nitrogens with zero attached hydrogens (tertiary/aromatic N) is 1. The average molecular weight is 303 g/mol. The SMILES string of the molecule is CCN(CC)C(C)(CC)C(Cc1ccc(Cl)s1)NC. The van der Waals surface area contributed by atoms with Crippen LogP contribution < -0.4 is 5.32 Å². The van der Waals surface area contributed by atoms with Gasteiger partial charge in [0.05, 0.1) is 4.34 Å². The van der Waals surface area contributed by atoms with E-state index >= 15 is 0 Å². The van der Waals surface area contributed by atoms with Crippen LogP contribution in [0.15, 0.2) is 12.1 Å². The Labute approximate surface area is 127 Å². The fourth-order valence-electron chi connectivity index (χ4n) is 2.93. The first-order valence-corrected chi connectivity index (χ1v) is 8.37. The molecule has 4 heteroatoms. The van der Waals surface area contributed by atoms with E-state index in [9.17, 15) is 0 Å². The van der Waals surface area contributed by atoms with Crippen molar-refractivity contribution >= 4 is 22.9 Å². The van der Waals surface area contributed by atoms with Gasteiger partial charge < -0.3 is 5.32 Å². The maximum Gasteiger partial charge on any atom is 0.0931 e. The lowest BCUT2D eigenvalue weighted by atomic mass is 9.85. The van der Waals surface area contributed by atoms with Crippen molar-refractivity contribution in [2.45, 2.75) is 52.1 Å². The molecule has 0 aliphatic heterocycles. The molecule has 0 fully saturated rings. The van der Waals surface area contributed by atoms with Crippen LogP contribution in [0.2, 0.25) is 4.34 Å². The summed E-state index contributed by atoms with van der Waals surface area (Å²) in [5.41, 5.74) is 0.175. The molecule has 2 nitrogen and oxygen atoms in total. The molecule has 0 aliphatic rings. The molecule has 2 unspecified atom stereocenters. The van der Waals surface area contributed by atoms with Crippen LogP contribution in [-0.4, -0.2) is 36.6 Å². The molecule has 2 atom stereocenters. The molecule has 1 rings (SSSR count). The van der Waals surface area contributed by atoms with Gasteiger partial charge in [-0.1, -0.05) is 32.4 Å². The van der Waals surface area contributed by atoms with Gasteiger partial charge in [-0.25, -0.2) is 0 Å². The van der Waals surface area contributed by atoms with E-state index in [-0.39, 0.29) is 5.54 Å². The standard InChI is InChI=1S/C15H27ClN2S/c1-6-15(4,18(7-2)8-3)13(17-5)11-12-9-10-14(16)19-12/h9-10,13,17H,6-8,11H2,1-5H3. The van der Waals surface area contributed by atoms with Crippen molar-refractivity contribution in [2.24, 2.45) is 0 Å². The minimum atomic E-state index is 0.175. The predicted octanol–water partition coefficient (Wildman–Crippen LogP) is 4.04. The minimum absolute atomic E-state index is 0.175. The molecule has 0 radical (unpaired) electrons. The summed E-state index contributed by atoms with van der Waals surface area (Å²) in [6.07, 6.45) is 2.17. The van der Waals surface area contributed by atoms with Crippen molar-refractivity contribution in [3.05, 3.63) is 21.3 Å². The van der Waals surface area contributed by atoms with Crippen molar-refractivity contribution in [1.29, 1.82) is 0 Å². The highest BCUT2D eigenvalue weighted by atomic mass is 35.5. The van der Waals surface area contributed by atoms with Gasteiger partial charge in [-0.2, -0.15) is 0 Å². The lowest BCUT2D eigenvalue weighted by Gasteiger charge is -2.45. The number of hydrogen-bond donors (Lipinski definition) is 1. The summed E-state index contributed by atoms with van der Waals surface area (Å²) < 4.78 is 0.880. The molecule has 1 aromatic rings. The van der Waals surface area contributed by atoms with Gasteiger partial charge in [0.1, 0.15) is 0 Å². The Morgan fingerprint density at radius 2 is 1.95 bits per heavy atom. The van der Waals surface area contributed by atoms with E-state index < -0.39 is 0 Å². The zero-order valence-corrected chi connectivity index (χ0v) is 14.4. The van der Waals surface area contributed by atoms with Crippen molar-refractivity contribution in [2.75, 3.05) is 20.1 Å². The molecule has 1 heterocycles. The Balaban J connectivity index is 2.91. The Kier molecular flexibility index (Phi) is 6.81. The van der Waals surface area contributed by atoms with Crippen LogP contribution in [0, 0.1) is 0 Å². The smallest absolute Gasteiger partial charge is 0.0931 e.